The summed E-state index contributed by atoms with van der Waals surface area (Å²) in [5.74, 6) is -0.930. The smallest absolute Gasteiger partial charge is 0.332 e. The lowest BCUT2D eigenvalue weighted by molar-refractivity contribution is -0.132. The van der Waals surface area contributed by atoms with Crippen LogP contribution in [0.15, 0.2) is 12.2 Å². The molecule has 0 aromatic heterocycles. The minimum absolute atomic E-state index is 0.0819. The van der Waals surface area contributed by atoms with Crippen molar-refractivity contribution >= 4 is 11.9 Å². The molecule has 0 aromatic rings. The fourth-order valence-corrected chi connectivity index (χ4v) is 1.24. The van der Waals surface area contributed by atoms with Crippen molar-refractivity contribution in [3.8, 4) is 0 Å². The van der Waals surface area contributed by atoms with Gasteiger partial charge in [0.15, 0.2) is 0 Å². The third-order valence-corrected chi connectivity index (χ3v) is 2.27. The molecule has 0 heterocycles. The Balaban J connectivity index is 3.70. The summed E-state index contributed by atoms with van der Waals surface area (Å²) in [6, 6.07) is 0. The lowest BCUT2D eigenvalue weighted by Crippen LogP contribution is -2.33. The van der Waals surface area contributed by atoms with E-state index in [2.05, 4.69) is 11.9 Å². The molecular weight excluding hydrogens is 208 g/mol. The van der Waals surface area contributed by atoms with Gasteiger partial charge in [-0.25, -0.2) is 4.79 Å². The van der Waals surface area contributed by atoms with Crippen LogP contribution in [0.5, 0.6) is 0 Å². The lowest BCUT2D eigenvalue weighted by Gasteiger charge is -2.18. The van der Waals surface area contributed by atoms with Crippen LogP contribution in [0.25, 0.3) is 0 Å². The zero-order valence-corrected chi connectivity index (χ0v) is 9.95. The number of hydrogen-bond donors (Lipinski definition) is 2. The number of nitrogens with one attached hydrogen (secondary N) is 1. The molecule has 0 aliphatic heterocycles. The molecule has 0 saturated carbocycles. The number of carboxylic acids is 1. The van der Waals surface area contributed by atoms with Gasteiger partial charge in [0.05, 0.1) is 0 Å². The number of carboxylic acid groups (broad SMARTS) is 1. The minimum Gasteiger partial charge on any atom is -0.478 e. The third kappa shape index (κ3) is 5.50. The maximum absolute atomic E-state index is 11.5. The van der Waals surface area contributed by atoms with Crippen LogP contribution in [-0.2, 0) is 9.59 Å². The fourth-order valence-electron chi connectivity index (χ4n) is 1.24. The summed E-state index contributed by atoms with van der Waals surface area (Å²) < 4.78 is 0. The number of amides is 1. The summed E-state index contributed by atoms with van der Waals surface area (Å²) in [5.41, 5.74) is 0.107. The average molecular weight is 228 g/mol. The van der Waals surface area contributed by atoms with Crippen molar-refractivity contribution in [2.24, 2.45) is 0 Å². The zero-order chi connectivity index (χ0) is 12.6. The van der Waals surface area contributed by atoms with Gasteiger partial charge in [-0.2, -0.15) is 0 Å². The Morgan fingerprint density at radius 3 is 2.31 bits per heavy atom. The first kappa shape index (κ1) is 14.6. The molecule has 0 saturated heterocycles. The van der Waals surface area contributed by atoms with Gasteiger partial charge in [-0.3, -0.25) is 4.79 Å². The van der Waals surface area contributed by atoms with Gasteiger partial charge in [-0.1, -0.05) is 6.58 Å². The minimum atomic E-state index is -1.01. The van der Waals surface area contributed by atoms with E-state index in [1.807, 2.05) is 13.8 Å². The Kier molecular flexibility index (Phi) is 7.20. The Morgan fingerprint density at radius 2 is 1.88 bits per heavy atom. The van der Waals surface area contributed by atoms with Crippen molar-refractivity contribution in [3.63, 3.8) is 0 Å². The van der Waals surface area contributed by atoms with Gasteiger partial charge < -0.3 is 15.3 Å². The van der Waals surface area contributed by atoms with E-state index in [-0.39, 0.29) is 18.0 Å². The van der Waals surface area contributed by atoms with E-state index in [1.54, 1.807) is 4.90 Å². The van der Waals surface area contributed by atoms with Crippen LogP contribution >= 0.6 is 0 Å². The third-order valence-electron chi connectivity index (χ3n) is 2.27. The van der Waals surface area contributed by atoms with Crippen LogP contribution in [0.2, 0.25) is 0 Å². The van der Waals surface area contributed by atoms with Crippen LogP contribution in [-0.4, -0.2) is 48.1 Å². The SMILES string of the molecule is C=C(CNCCC(=O)N(CC)CC)C(=O)O. The molecule has 0 radical (unpaired) electrons. The first-order valence-corrected chi connectivity index (χ1v) is 5.42. The predicted molar refractivity (Wildman–Crippen MR) is 62.2 cm³/mol. The monoisotopic (exact) mass is 228 g/mol. The van der Waals surface area contributed by atoms with Crippen molar-refractivity contribution in [1.29, 1.82) is 0 Å². The van der Waals surface area contributed by atoms with Crippen molar-refractivity contribution in [2.45, 2.75) is 20.3 Å². The zero-order valence-electron chi connectivity index (χ0n) is 9.95. The molecule has 0 atom stereocenters. The maximum Gasteiger partial charge on any atom is 0.332 e. The highest BCUT2D eigenvalue weighted by molar-refractivity contribution is 5.86. The average Bonchev–Trinajstić information content (AvgIpc) is 2.25. The van der Waals surface area contributed by atoms with Gasteiger partial charge in [0.1, 0.15) is 0 Å². The molecule has 0 aromatic carbocycles. The Morgan fingerprint density at radius 1 is 1.31 bits per heavy atom. The number of carbonyl (C=O) groups is 2. The summed E-state index contributed by atoms with van der Waals surface area (Å²) >= 11 is 0. The van der Waals surface area contributed by atoms with Crippen LogP contribution in [0.3, 0.4) is 0 Å². The summed E-state index contributed by atoms with van der Waals surface area (Å²) in [7, 11) is 0. The molecule has 5 nitrogen and oxygen atoms in total. The van der Waals surface area contributed by atoms with Gasteiger partial charge >= 0.3 is 5.97 Å². The summed E-state index contributed by atoms with van der Waals surface area (Å²) in [6.07, 6.45) is 0.384. The molecule has 0 aliphatic rings. The molecule has 0 rings (SSSR count). The molecule has 0 unspecified atom stereocenters. The molecule has 0 spiro atoms. The van der Waals surface area contributed by atoms with Gasteiger partial charge in [-0.15, -0.1) is 0 Å². The number of hydrogen-bond acceptors (Lipinski definition) is 3. The Labute approximate surface area is 96.1 Å². The second kappa shape index (κ2) is 7.87. The highest BCUT2D eigenvalue weighted by Crippen LogP contribution is 1.93. The number of aliphatic carboxylic acids is 1. The van der Waals surface area contributed by atoms with Gasteiger partial charge in [-0.05, 0) is 13.8 Å². The van der Waals surface area contributed by atoms with E-state index in [0.717, 1.165) is 0 Å². The maximum atomic E-state index is 11.5. The van der Waals surface area contributed by atoms with Crippen LogP contribution in [0.4, 0.5) is 0 Å². The number of carbonyl (C=O) groups excluding carboxylic acids is 1. The van der Waals surface area contributed by atoms with E-state index in [9.17, 15) is 9.59 Å². The van der Waals surface area contributed by atoms with E-state index < -0.39 is 5.97 Å². The molecule has 5 heteroatoms. The molecule has 0 fully saturated rings. The first-order valence-electron chi connectivity index (χ1n) is 5.42. The van der Waals surface area contributed by atoms with E-state index in [0.29, 0.717) is 26.1 Å². The van der Waals surface area contributed by atoms with Crippen LogP contribution in [0, 0.1) is 0 Å². The van der Waals surface area contributed by atoms with Gasteiger partial charge in [0.2, 0.25) is 5.91 Å². The standard InChI is InChI=1S/C11H20N2O3/c1-4-13(5-2)10(14)6-7-12-8-9(3)11(15)16/h12H,3-8H2,1-2H3,(H,15,16). The van der Waals surface area contributed by atoms with E-state index in [4.69, 9.17) is 5.11 Å². The molecular formula is C11H20N2O3. The van der Waals surface area contributed by atoms with Gasteiger partial charge in [0, 0.05) is 38.2 Å². The van der Waals surface area contributed by atoms with Crippen molar-refractivity contribution in [1.82, 2.24) is 10.2 Å². The Hall–Kier alpha value is -1.36. The summed E-state index contributed by atoms with van der Waals surface area (Å²) in [5, 5.41) is 11.4. The molecule has 92 valence electrons. The summed E-state index contributed by atoms with van der Waals surface area (Å²) in [6.45, 7) is 9.34. The quantitative estimate of drug-likeness (QED) is 0.468. The topological polar surface area (TPSA) is 69.6 Å². The second-order valence-corrected chi connectivity index (χ2v) is 3.40. The molecule has 16 heavy (non-hydrogen) atoms. The first-order chi connectivity index (χ1) is 7.52. The highest BCUT2D eigenvalue weighted by Gasteiger charge is 2.09. The molecule has 1 amide bonds. The largest absolute Gasteiger partial charge is 0.478 e. The molecule has 2 N–H and O–H groups in total. The number of rotatable bonds is 8. The van der Waals surface area contributed by atoms with Crippen molar-refractivity contribution in [2.75, 3.05) is 26.2 Å². The second-order valence-electron chi connectivity index (χ2n) is 3.40. The van der Waals surface area contributed by atoms with Crippen molar-refractivity contribution in [3.05, 3.63) is 12.2 Å². The Bertz CT molecular complexity index is 260. The van der Waals surface area contributed by atoms with E-state index >= 15 is 0 Å². The van der Waals surface area contributed by atoms with Gasteiger partial charge in [0.25, 0.3) is 0 Å². The van der Waals surface area contributed by atoms with Crippen LogP contribution in [0.1, 0.15) is 20.3 Å². The lowest BCUT2D eigenvalue weighted by atomic mass is 10.3. The normalized spacial score (nSPS) is 9.88. The highest BCUT2D eigenvalue weighted by atomic mass is 16.4. The van der Waals surface area contributed by atoms with Crippen LogP contribution < -0.4 is 5.32 Å². The predicted octanol–water partition coefficient (Wildman–Crippen LogP) is 0.475. The number of nitrogens with zero attached hydrogens (tertiary/aromatic N) is 1. The van der Waals surface area contributed by atoms with E-state index in [1.165, 1.54) is 0 Å². The summed E-state index contributed by atoms with van der Waals surface area (Å²) in [4.78, 5) is 23.7. The van der Waals surface area contributed by atoms with Crippen molar-refractivity contribution < 1.29 is 14.7 Å². The fraction of sp³-hybridized carbons (Fsp3) is 0.636. The molecule has 0 bridgehead atoms. The molecule has 0 aliphatic carbocycles.